The van der Waals surface area contributed by atoms with Crippen LogP contribution in [0.15, 0.2) is 40.7 Å². The van der Waals surface area contributed by atoms with Crippen molar-refractivity contribution in [3.8, 4) is 5.88 Å². The smallest absolute Gasteiger partial charge is 0.260 e. The largest absolute Gasteiger partial charge is 0.489 e. The number of likely N-dealkylation sites (N-methyl/N-ethyl adjacent to an activating group) is 1. The molecule has 0 bridgehead atoms. The molecule has 0 aliphatic heterocycles. The topological polar surface area (TPSA) is 118 Å². The Morgan fingerprint density at radius 1 is 1.16 bits per heavy atom. The highest BCUT2D eigenvalue weighted by atomic mass is 16.5. The van der Waals surface area contributed by atoms with Crippen LogP contribution in [-0.2, 0) is 4.74 Å². The van der Waals surface area contributed by atoms with Crippen molar-refractivity contribution in [3.63, 3.8) is 0 Å². The highest BCUT2D eigenvalue weighted by Gasteiger charge is 2.21. The maximum absolute atomic E-state index is 9.04. The maximum Gasteiger partial charge on any atom is 0.260 e. The number of aryl methyl sites for hydroxylation is 2. The molecular weight excluding hydrogens is 396 g/mol. The summed E-state index contributed by atoms with van der Waals surface area (Å²) in [5.41, 5.74) is 10.3. The van der Waals surface area contributed by atoms with Gasteiger partial charge in [-0.15, -0.1) is 5.10 Å². The van der Waals surface area contributed by atoms with E-state index in [0.717, 1.165) is 27.8 Å². The SMILES string of the molecule is Cc1ccc2c(N=C3C=C(OCCO)C(N)=CC3=N)c(OCC[N+](C)(C)C)nn2c1C. The number of aliphatic hydroxyl groups is 1. The molecule has 0 saturated carbocycles. The van der Waals surface area contributed by atoms with Gasteiger partial charge < -0.3 is 24.8 Å². The summed E-state index contributed by atoms with van der Waals surface area (Å²) in [7, 11) is 6.29. The Kier molecular flexibility index (Phi) is 6.47. The van der Waals surface area contributed by atoms with Crippen LogP contribution in [0.5, 0.6) is 5.88 Å². The Morgan fingerprint density at radius 2 is 1.90 bits per heavy atom. The van der Waals surface area contributed by atoms with Crippen molar-refractivity contribution in [3.05, 3.63) is 47.0 Å². The molecule has 166 valence electrons. The van der Waals surface area contributed by atoms with Gasteiger partial charge in [0.2, 0.25) is 0 Å². The number of quaternary nitrogens is 1. The molecule has 0 unspecified atom stereocenters. The van der Waals surface area contributed by atoms with Gasteiger partial charge in [0, 0.05) is 11.8 Å². The highest BCUT2D eigenvalue weighted by molar-refractivity contribution is 6.50. The zero-order valence-corrected chi connectivity index (χ0v) is 18.8. The number of hydrogen-bond acceptors (Lipinski definition) is 7. The summed E-state index contributed by atoms with van der Waals surface area (Å²) in [5.74, 6) is 0.788. The van der Waals surface area contributed by atoms with Gasteiger partial charge in [-0.25, -0.2) is 9.51 Å². The fourth-order valence-electron chi connectivity index (χ4n) is 3.00. The van der Waals surface area contributed by atoms with E-state index in [0.29, 0.717) is 35.3 Å². The van der Waals surface area contributed by atoms with E-state index in [-0.39, 0.29) is 18.9 Å². The predicted octanol–water partition coefficient (Wildman–Crippen LogP) is 1.88. The number of rotatable bonds is 8. The van der Waals surface area contributed by atoms with Crippen LogP contribution in [0.25, 0.3) is 5.52 Å². The van der Waals surface area contributed by atoms with Crippen LogP contribution in [0.3, 0.4) is 0 Å². The summed E-state index contributed by atoms with van der Waals surface area (Å²) < 4.78 is 14.1. The first-order valence-corrected chi connectivity index (χ1v) is 10.1. The van der Waals surface area contributed by atoms with Crippen LogP contribution < -0.4 is 10.5 Å². The number of nitrogens with zero attached hydrogens (tertiary/aromatic N) is 4. The lowest BCUT2D eigenvalue weighted by molar-refractivity contribution is -0.870. The number of allylic oxidation sites excluding steroid dienone is 2. The van der Waals surface area contributed by atoms with Gasteiger partial charge in [0.05, 0.1) is 50.4 Å². The summed E-state index contributed by atoms with van der Waals surface area (Å²) in [5, 5.41) is 22.0. The van der Waals surface area contributed by atoms with E-state index in [1.54, 1.807) is 6.08 Å². The van der Waals surface area contributed by atoms with Crippen molar-refractivity contribution in [1.29, 1.82) is 5.41 Å². The number of nitrogens with one attached hydrogen (secondary N) is 1. The van der Waals surface area contributed by atoms with Crippen molar-refractivity contribution >= 4 is 22.6 Å². The molecule has 2 aromatic rings. The molecule has 2 aromatic heterocycles. The number of hydrogen-bond donors (Lipinski definition) is 3. The molecule has 3 rings (SSSR count). The molecule has 0 fully saturated rings. The lowest BCUT2D eigenvalue weighted by Crippen LogP contribution is -2.38. The average molecular weight is 428 g/mol. The third-order valence-electron chi connectivity index (χ3n) is 4.95. The monoisotopic (exact) mass is 427 g/mol. The van der Waals surface area contributed by atoms with Gasteiger partial charge in [-0.2, -0.15) is 0 Å². The van der Waals surface area contributed by atoms with Crippen molar-refractivity contribution in [2.24, 2.45) is 10.7 Å². The lowest BCUT2D eigenvalue weighted by Gasteiger charge is -2.23. The quantitative estimate of drug-likeness (QED) is 0.439. The molecule has 1 aliphatic rings. The summed E-state index contributed by atoms with van der Waals surface area (Å²) in [6, 6.07) is 3.96. The van der Waals surface area contributed by atoms with Crippen LogP contribution >= 0.6 is 0 Å². The molecule has 1 aliphatic carbocycles. The van der Waals surface area contributed by atoms with Gasteiger partial charge in [-0.1, -0.05) is 6.07 Å². The Labute approximate surface area is 182 Å². The highest BCUT2D eigenvalue weighted by Crippen LogP contribution is 2.34. The zero-order chi connectivity index (χ0) is 22.8. The van der Waals surface area contributed by atoms with Gasteiger partial charge >= 0.3 is 0 Å². The second-order valence-corrected chi connectivity index (χ2v) is 8.51. The molecule has 0 radical (unpaired) electrons. The van der Waals surface area contributed by atoms with Gasteiger partial charge in [0.15, 0.2) is 5.69 Å². The number of nitrogens with two attached hydrogens (primary N) is 1. The molecule has 9 nitrogen and oxygen atoms in total. The molecule has 0 atom stereocenters. The van der Waals surface area contributed by atoms with Crippen molar-refractivity contribution in [2.75, 3.05) is 47.5 Å². The van der Waals surface area contributed by atoms with Crippen molar-refractivity contribution < 1.29 is 19.1 Å². The molecule has 2 heterocycles. The number of aliphatic imine (C=N–C) groups is 1. The first kappa shape index (κ1) is 22.5. The Bertz CT molecular complexity index is 1090. The first-order chi connectivity index (χ1) is 14.6. The minimum absolute atomic E-state index is 0.107. The minimum Gasteiger partial charge on any atom is -0.489 e. The standard InChI is InChI=1S/C22H31N6O3/c1-14-6-7-19-21(22(26-27(19)15(14)2)31-10-8-28(3,4)5)25-18-13-20(30-11-9-29)17(24)12-16(18)23/h6-7,12-13,23,29H,8-11,24H2,1-5H3/q+1. The molecule has 0 saturated heterocycles. The first-order valence-electron chi connectivity index (χ1n) is 10.1. The predicted molar refractivity (Wildman–Crippen MR) is 121 cm³/mol. The van der Waals surface area contributed by atoms with Gasteiger partial charge in [-0.3, -0.25) is 5.41 Å². The summed E-state index contributed by atoms with van der Waals surface area (Å²) in [6.45, 7) is 5.28. The van der Waals surface area contributed by atoms with Crippen molar-refractivity contribution in [1.82, 2.24) is 9.61 Å². The van der Waals surface area contributed by atoms with Gasteiger partial charge in [-0.05, 0) is 31.6 Å². The van der Waals surface area contributed by atoms with Crippen molar-refractivity contribution in [2.45, 2.75) is 13.8 Å². The normalized spacial score (nSPS) is 15.9. The summed E-state index contributed by atoms with van der Waals surface area (Å²) in [6.07, 6.45) is 3.10. The fraction of sp³-hybridized carbons (Fsp3) is 0.409. The van der Waals surface area contributed by atoms with Crippen LogP contribution in [0.2, 0.25) is 0 Å². The average Bonchev–Trinajstić information content (AvgIpc) is 3.03. The second kappa shape index (κ2) is 8.91. The Balaban J connectivity index is 2.06. The van der Waals surface area contributed by atoms with Crippen LogP contribution in [0.1, 0.15) is 11.3 Å². The number of pyridine rings is 1. The van der Waals surface area contributed by atoms with E-state index in [1.165, 1.54) is 6.08 Å². The molecule has 0 spiro atoms. The number of aliphatic hydroxyl groups excluding tert-OH is 1. The number of aromatic nitrogens is 2. The second-order valence-electron chi connectivity index (χ2n) is 8.51. The molecule has 0 amide bonds. The van der Waals surface area contributed by atoms with E-state index < -0.39 is 0 Å². The van der Waals surface area contributed by atoms with E-state index in [1.807, 2.05) is 30.5 Å². The Morgan fingerprint density at radius 3 is 2.58 bits per heavy atom. The molecule has 4 N–H and O–H groups in total. The minimum atomic E-state index is -0.133. The summed E-state index contributed by atoms with van der Waals surface area (Å²) >= 11 is 0. The van der Waals surface area contributed by atoms with Gasteiger partial charge in [0.1, 0.15) is 25.5 Å². The van der Waals surface area contributed by atoms with E-state index in [4.69, 9.17) is 30.7 Å². The lowest BCUT2D eigenvalue weighted by atomic mass is 10.1. The summed E-state index contributed by atoms with van der Waals surface area (Å²) in [4.78, 5) is 4.73. The third-order valence-corrected chi connectivity index (χ3v) is 4.95. The number of ether oxygens (including phenoxy) is 2. The zero-order valence-electron chi connectivity index (χ0n) is 18.8. The Hall–Kier alpha value is -3.17. The molecule has 9 heteroatoms. The van der Waals surface area contributed by atoms with Crippen LogP contribution in [-0.4, -0.2) is 78.1 Å². The number of fused-ring (bicyclic) bond motifs is 1. The third kappa shape index (κ3) is 5.12. The fourth-order valence-corrected chi connectivity index (χ4v) is 3.00. The molecular formula is C22H31N6O3+. The van der Waals surface area contributed by atoms with E-state index in [9.17, 15) is 0 Å². The molecule has 0 aromatic carbocycles. The van der Waals surface area contributed by atoms with Crippen LogP contribution in [0, 0.1) is 19.3 Å². The van der Waals surface area contributed by atoms with E-state index in [2.05, 4.69) is 26.2 Å². The maximum atomic E-state index is 9.04. The molecule has 31 heavy (non-hydrogen) atoms. The van der Waals surface area contributed by atoms with E-state index >= 15 is 0 Å². The van der Waals surface area contributed by atoms with Gasteiger partial charge in [0.25, 0.3) is 5.88 Å². The van der Waals surface area contributed by atoms with Crippen LogP contribution in [0.4, 0.5) is 5.69 Å².